The Labute approximate surface area is 252 Å². The second kappa shape index (κ2) is 11.0. The predicted molar refractivity (Wildman–Crippen MR) is 169 cm³/mol. The van der Waals surface area contributed by atoms with E-state index in [1.54, 1.807) is 11.8 Å². The number of fused-ring (bicyclic) bond motifs is 3. The number of hydrogen-bond acceptors (Lipinski definition) is 7. The molecular weight excluding hydrogens is 565 g/mol. The Morgan fingerprint density at radius 3 is 2.34 bits per heavy atom. The van der Waals surface area contributed by atoms with Crippen LogP contribution in [0.3, 0.4) is 0 Å². The average molecular weight is 591 g/mol. The van der Waals surface area contributed by atoms with Crippen molar-refractivity contribution in [2.75, 3.05) is 0 Å². The summed E-state index contributed by atoms with van der Waals surface area (Å²) in [5.41, 5.74) is 10.2. The number of allylic oxidation sites excluding steroid dienone is 2. The molecule has 0 saturated carbocycles. The van der Waals surface area contributed by atoms with Crippen molar-refractivity contribution in [3.63, 3.8) is 0 Å². The molecule has 8 heteroatoms. The molecule has 1 aliphatic carbocycles. The van der Waals surface area contributed by atoms with Crippen molar-refractivity contribution >= 4 is 58.6 Å². The maximum Gasteiger partial charge on any atom is 0.224 e. The lowest BCUT2D eigenvalue weighted by molar-refractivity contribution is -0.108. The molecule has 3 aliphatic rings. The molecule has 0 radical (unpaired) electrons. The topological polar surface area (TPSA) is 60.7 Å². The van der Waals surface area contributed by atoms with E-state index in [-0.39, 0.29) is 10.4 Å². The van der Waals surface area contributed by atoms with Crippen LogP contribution in [-0.4, -0.2) is 24.6 Å². The fraction of sp³-hybridized carbons (Fsp3) is 0.182. The molecule has 0 N–H and O–H groups in total. The van der Waals surface area contributed by atoms with E-state index in [0.29, 0.717) is 11.7 Å². The Hall–Kier alpha value is -3.59. The molecule has 1 unspecified atom stereocenters. The lowest BCUT2D eigenvalue weighted by Crippen LogP contribution is -2.22. The van der Waals surface area contributed by atoms with Gasteiger partial charge in [-0.25, -0.2) is 4.98 Å². The van der Waals surface area contributed by atoms with E-state index in [2.05, 4.69) is 51.8 Å². The van der Waals surface area contributed by atoms with Crippen LogP contribution >= 0.6 is 35.7 Å². The van der Waals surface area contributed by atoms with Gasteiger partial charge in [0.15, 0.2) is 5.16 Å². The van der Waals surface area contributed by atoms with Crippen LogP contribution in [0.5, 0.6) is 0 Å². The maximum atomic E-state index is 13.2. The first-order valence-corrected chi connectivity index (χ1v) is 15.7. The molecule has 5 heterocycles. The molecule has 0 fully saturated rings. The van der Waals surface area contributed by atoms with Gasteiger partial charge in [0.05, 0.1) is 11.8 Å². The summed E-state index contributed by atoms with van der Waals surface area (Å²) in [6.07, 6.45) is 14.7. The van der Waals surface area contributed by atoms with Gasteiger partial charge in [-0.1, -0.05) is 59.9 Å². The van der Waals surface area contributed by atoms with Crippen LogP contribution in [0.1, 0.15) is 52.3 Å². The lowest BCUT2D eigenvalue weighted by Gasteiger charge is -2.35. The normalized spacial score (nSPS) is 20.1. The van der Waals surface area contributed by atoms with E-state index >= 15 is 0 Å². The summed E-state index contributed by atoms with van der Waals surface area (Å²) in [5.74, 6) is 0. The van der Waals surface area contributed by atoms with Gasteiger partial charge in [-0.2, -0.15) is 0 Å². The fourth-order valence-electron chi connectivity index (χ4n) is 5.69. The van der Waals surface area contributed by atoms with Crippen LogP contribution in [-0.2, 0) is 11.3 Å². The molecule has 0 amide bonds. The maximum absolute atomic E-state index is 13.2. The second-order valence-electron chi connectivity index (χ2n) is 10.4. The van der Waals surface area contributed by atoms with Crippen molar-refractivity contribution in [1.82, 2.24) is 19.5 Å². The zero-order valence-electron chi connectivity index (χ0n) is 22.4. The van der Waals surface area contributed by atoms with Crippen LogP contribution in [0.4, 0.5) is 0 Å². The van der Waals surface area contributed by atoms with E-state index in [1.165, 1.54) is 39.6 Å². The predicted octanol–water partition coefficient (Wildman–Crippen LogP) is 8.30. The summed E-state index contributed by atoms with van der Waals surface area (Å²) in [4.78, 5) is 26.8. The molecule has 2 aliphatic heterocycles. The summed E-state index contributed by atoms with van der Waals surface area (Å²) < 4.78 is 2.80. The fourth-order valence-corrected chi connectivity index (χ4v) is 8.39. The van der Waals surface area contributed by atoms with Crippen LogP contribution < -0.4 is 0 Å². The van der Waals surface area contributed by atoms with Gasteiger partial charge in [-0.05, 0) is 102 Å². The van der Waals surface area contributed by atoms with Crippen molar-refractivity contribution in [1.29, 1.82) is 0 Å². The number of benzene rings is 1. The van der Waals surface area contributed by atoms with E-state index in [9.17, 15) is 4.79 Å². The van der Waals surface area contributed by atoms with Crippen LogP contribution in [0.15, 0.2) is 100 Å². The minimum absolute atomic E-state index is 0.0229. The van der Waals surface area contributed by atoms with Crippen molar-refractivity contribution < 1.29 is 4.79 Å². The summed E-state index contributed by atoms with van der Waals surface area (Å²) >= 11 is 9.18. The van der Waals surface area contributed by atoms with E-state index in [4.69, 9.17) is 17.2 Å². The third kappa shape index (κ3) is 5.05. The van der Waals surface area contributed by atoms with Crippen molar-refractivity contribution in [3.8, 4) is 0 Å². The highest BCUT2D eigenvalue weighted by atomic mass is 32.2. The minimum Gasteiger partial charge on any atom is -0.306 e. The van der Waals surface area contributed by atoms with Crippen molar-refractivity contribution in [2.24, 2.45) is 0 Å². The highest BCUT2D eigenvalue weighted by Crippen LogP contribution is 2.56. The molecule has 41 heavy (non-hydrogen) atoms. The lowest BCUT2D eigenvalue weighted by atomic mass is 9.80. The number of aryl methyl sites for hydroxylation is 1. The average Bonchev–Trinajstić information content (AvgIpc) is 3.00. The van der Waals surface area contributed by atoms with Crippen molar-refractivity contribution in [2.45, 2.75) is 48.2 Å². The molecule has 4 aromatic rings. The number of rotatable bonds is 3. The van der Waals surface area contributed by atoms with Gasteiger partial charge in [0.25, 0.3) is 0 Å². The van der Waals surface area contributed by atoms with Gasteiger partial charge in [0.1, 0.15) is 9.67 Å². The van der Waals surface area contributed by atoms with E-state index < -0.39 is 0 Å². The zero-order chi connectivity index (χ0) is 27.9. The molecule has 7 rings (SSSR count). The Bertz CT molecular complexity index is 1820. The summed E-state index contributed by atoms with van der Waals surface area (Å²) in [6, 6.07) is 16.5. The third-order valence-electron chi connectivity index (χ3n) is 7.68. The molecule has 0 spiro atoms. The molecule has 1 aromatic carbocycles. The number of pyridine rings is 2. The summed E-state index contributed by atoms with van der Waals surface area (Å²) in [5, 5.41) is 1.71. The molecule has 5 nitrogen and oxygen atoms in total. The van der Waals surface area contributed by atoms with Gasteiger partial charge >= 0.3 is 0 Å². The molecule has 0 saturated heterocycles. The number of hydrogen-bond donors (Lipinski definition) is 0. The Morgan fingerprint density at radius 2 is 1.59 bits per heavy atom. The first-order valence-electron chi connectivity index (χ1n) is 13.6. The SMILES string of the molecule is Cc1ccc(/C=C2/Cn3c(nc4c(c3=S)C3=C(CCC/C3=C\c3ccncc3)C(c3ccncc3)S4)SC2=O)cc1. The monoisotopic (exact) mass is 590 g/mol. The van der Waals surface area contributed by atoms with Gasteiger partial charge in [0.2, 0.25) is 5.12 Å². The number of carbonyl (C=O) groups excluding carboxylic acids is 1. The number of carbonyl (C=O) groups is 1. The Kier molecular flexibility index (Phi) is 7.06. The van der Waals surface area contributed by atoms with Gasteiger partial charge in [-0.3, -0.25) is 14.8 Å². The second-order valence-corrected chi connectivity index (χ2v) is 12.8. The molecule has 1 atom stereocenters. The molecule has 3 aromatic heterocycles. The highest BCUT2D eigenvalue weighted by molar-refractivity contribution is 8.14. The molecule has 202 valence electrons. The number of nitrogens with zero attached hydrogens (tertiary/aromatic N) is 4. The van der Waals surface area contributed by atoms with Crippen LogP contribution in [0, 0.1) is 11.6 Å². The molecule has 0 bridgehead atoms. The number of aromatic nitrogens is 4. The largest absolute Gasteiger partial charge is 0.306 e. The van der Waals surface area contributed by atoms with Crippen LogP contribution in [0.2, 0.25) is 0 Å². The van der Waals surface area contributed by atoms with Crippen LogP contribution in [0.25, 0.3) is 17.7 Å². The first kappa shape index (κ1) is 26.3. The molecular formula is C33H26N4OS3. The third-order valence-corrected chi connectivity index (χ3v) is 10.4. The Morgan fingerprint density at radius 1 is 0.902 bits per heavy atom. The van der Waals surface area contributed by atoms with E-state index in [1.807, 2.05) is 55.1 Å². The number of thioether (sulfide) groups is 2. The van der Waals surface area contributed by atoms with Gasteiger partial charge in [-0.15, -0.1) is 0 Å². The smallest absolute Gasteiger partial charge is 0.224 e. The quantitative estimate of drug-likeness (QED) is 0.103. The first-order chi connectivity index (χ1) is 20.0. The Balaban J connectivity index is 1.40. The minimum atomic E-state index is 0.0229. The van der Waals surface area contributed by atoms with Gasteiger partial charge < -0.3 is 4.57 Å². The van der Waals surface area contributed by atoms with Crippen molar-refractivity contribution in [3.05, 3.63) is 122 Å². The van der Waals surface area contributed by atoms with E-state index in [0.717, 1.165) is 51.2 Å². The summed E-state index contributed by atoms with van der Waals surface area (Å²) in [6.45, 7) is 2.48. The van der Waals surface area contributed by atoms with Gasteiger partial charge in [0, 0.05) is 35.9 Å². The summed E-state index contributed by atoms with van der Waals surface area (Å²) in [7, 11) is 0. The standard InChI is InChI=1S/C33H26N4OS3/c1-20-5-7-21(8-6-20)18-25-19-37-31(39)28-27-24(17-22-9-13-34-14-10-22)3-2-4-26(27)29(23-11-15-35-16-12-23)40-30(28)36-33(37)41-32(25)38/h5-18,29H,2-4,19H2,1H3/b24-17+,25-18-. The zero-order valence-corrected chi connectivity index (χ0v) is 24.9. The highest BCUT2D eigenvalue weighted by Gasteiger charge is 2.36.